The molecule has 33 heavy (non-hydrogen) atoms. The van der Waals surface area contributed by atoms with Gasteiger partial charge in [0.25, 0.3) is 5.91 Å². The van der Waals surface area contributed by atoms with Gasteiger partial charge in [0.2, 0.25) is 0 Å². The van der Waals surface area contributed by atoms with Gasteiger partial charge in [-0.15, -0.1) is 11.3 Å². The van der Waals surface area contributed by atoms with Crippen LogP contribution < -0.4 is 4.74 Å². The zero-order chi connectivity index (χ0) is 23.2. The molecule has 1 fully saturated rings. The minimum absolute atomic E-state index is 0.0169. The van der Waals surface area contributed by atoms with Gasteiger partial charge in [-0.25, -0.2) is 9.50 Å². The molecule has 5 rings (SSSR count). The lowest BCUT2D eigenvalue weighted by Gasteiger charge is -2.24. The first-order valence-corrected chi connectivity index (χ1v) is 11.2. The molecule has 0 N–H and O–H groups in total. The van der Waals surface area contributed by atoms with Crippen LogP contribution in [0.25, 0.3) is 16.2 Å². The van der Waals surface area contributed by atoms with Crippen LogP contribution in [0.5, 0.6) is 5.75 Å². The highest BCUT2D eigenvalue weighted by Crippen LogP contribution is 2.36. The maximum atomic E-state index is 13.8. The van der Waals surface area contributed by atoms with E-state index in [1.54, 1.807) is 29.5 Å². The molecule has 1 aliphatic rings. The summed E-state index contributed by atoms with van der Waals surface area (Å²) in [6.07, 6.45) is -3.09. The van der Waals surface area contributed by atoms with E-state index in [1.807, 2.05) is 24.3 Å². The van der Waals surface area contributed by atoms with Crippen LogP contribution in [-0.2, 0) is 6.18 Å². The SMILES string of the molecule is COc1ccc([C@H]2CCCN2C(=O)c2cc3nc(-c4cccs4)cc(C(F)(F)F)n3n2)cc1. The van der Waals surface area contributed by atoms with Crippen molar-refractivity contribution in [1.29, 1.82) is 0 Å². The summed E-state index contributed by atoms with van der Waals surface area (Å²) in [5.74, 6) is 0.298. The number of fused-ring (bicyclic) bond motifs is 1. The molecule has 10 heteroatoms. The van der Waals surface area contributed by atoms with E-state index in [1.165, 1.54) is 17.4 Å². The molecule has 0 unspecified atom stereocenters. The van der Waals surface area contributed by atoms with Gasteiger partial charge in [0.15, 0.2) is 17.0 Å². The summed E-state index contributed by atoms with van der Waals surface area (Å²) in [5.41, 5.74) is 0.0945. The summed E-state index contributed by atoms with van der Waals surface area (Å²) in [6.45, 7) is 0.503. The molecule has 1 aliphatic heterocycles. The predicted octanol–water partition coefficient (Wildman–Crippen LogP) is 5.46. The van der Waals surface area contributed by atoms with Gasteiger partial charge in [0.05, 0.1) is 23.7 Å². The lowest BCUT2D eigenvalue weighted by atomic mass is 10.0. The molecular formula is C23H19F3N4O2S. The average molecular weight is 472 g/mol. The lowest BCUT2D eigenvalue weighted by molar-refractivity contribution is -0.142. The molecule has 1 amide bonds. The first-order valence-electron chi connectivity index (χ1n) is 10.3. The van der Waals surface area contributed by atoms with Crippen LogP contribution in [0.15, 0.2) is 53.9 Å². The van der Waals surface area contributed by atoms with E-state index in [0.29, 0.717) is 21.7 Å². The third-order valence-corrected chi connectivity index (χ3v) is 6.62. The number of ether oxygens (including phenoxy) is 1. The lowest BCUT2D eigenvalue weighted by Crippen LogP contribution is -2.31. The highest BCUT2D eigenvalue weighted by Gasteiger charge is 2.37. The van der Waals surface area contributed by atoms with E-state index in [9.17, 15) is 18.0 Å². The fourth-order valence-electron chi connectivity index (χ4n) is 4.16. The zero-order valence-corrected chi connectivity index (χ0v) is 18.4. The van der Waals surface area contributed by atoms with E-state index in [2.05, 4.69) is 10.1 Å². The Balaban J connectivity index is 1.53. The molecule has 3 aromatic heterocycles. The van der Waals surface area contributed by atoms with Crippen LogP contribution in [0.2, 0.25) is 0 Å². The van der Waals surface area contributed by atoms with E-state index < -0.39 is 17.8 Å². The number of hydrogen-bond donors (Lipinski definition) is 0. The Kier molecular flexibility index (Phi) is 5.32. The second-order valence-electron chi connectivity index (χ2n) is 7.73. The Morgan fingerprint density at radius 2 is 1.97 bits per heavy atom. The molecule has 4 aromatic rings. The number of alkyl halides is 3. The maximum Gasteiger partial charge on any atom is 0.433 e. The van der Waals surface area contributed by atoms with Crippen molar-refractivity contribution >= 4 is 22.9 Å². The summed E-state index contributed by atoms with van der Waals surface area (Å²) >= 11 is 1.29. The van der Waals surface area contributed by atoms with Gasteiger partial charge < -0.3 is 9.64 Å². The number of nitrogens with zero attached hydrogens (tertiary/aromatic N) is 4. The van der Waals surface area contributed by atoms with Crippen molar-refractivity contribution in [3.8, 4) is 16.3 Å². The zero-order valence-electron chi connectivity index (χ0n) is 17.5. The Bertz CT molecular complexity index is 1300. The third-order valence-electron chi connectivity index (χ3n) is 5.72. The van der Waals surface area contributed by atoms with Crippen molar-refractivity contribution in [2.75, 3.05) is 13.7 Å². The second-order valence-corrected chi connectivity index (χ2v) is 8.68. The van der Waals surface area contributed by atoms with Gasteiger partial charge in [0.1, 0.15) is 5.75 Å². The number of rotatable bonds is 4. The fraction of sp³-hybridized carbons (Fsp3) is 0.261. The van der Waals surface area contributed by atoms with Gasteiger partial charge in [-0.2, -0.15) is 18.3 Å². The Hall–Kier alpha value is -3.40. The van der Waals surface area contributed by atoms with Crippen LogP contribution >= 0.6 is 11.3 Å². The van der Waals surface area contributed by atoms with Crippen LogP contribution in [0.3, 0.4) is 0 Å². The first kappa shape index (κ1) is 21.4. The molecule has 0 aliphatic carbocycles. The fourth-order valence-corrected chi connectivity index (χ4v) is 4.85. The molecule has 1 atom stereocenters. The highest BCUT2D eigenvalue weighted by molar-refractivity contribution is 7.13. The van der Waals surface area contributed by atoms with E-state index >= 15 is 0 Å². The van der Waals surface area contributed by atoms with Crippen LogP contribution in [0.4, 0.5) is 13.2 Å². The Morgan fingerprint density at radius 1 is 1.18 bits per heavy atom. The number of halogens is 3. The second kappa shape index (κ2) is 8.18. The minimum Gasteiger partial charge on any atom is -0.497 e. The monoisotopic (exact) mass is 472 g/mol. The minimum atomic E-state index is -4.65. The summed E-state index contributed by atoms with van der Waals surface area (Å²) in [6, 6.07) is 13.0. The van der Waals surface area contributed by atoms with Gasteiger partial charge >= 0.3 is 6.18 Å². The molecule has 6 nitrogen and oxygen atoms in total. The van der Waals surface area contributed by atoms with Crippen LogP contribution in [0.1, 0.15) is 40.6 Å². The van der Waals surface area contributed by atoms with Gasteiger partial charge in [-0.3, -0.25) is 4.79 Å². The number of aromatic nitrogens is 3. The van der Waals surface area contributed by atoms with Crippen LogP contribution in [0, 0.1) is 0 Å². The van der Waals surface area contributed by atoms with Crippen molar-refractivity contribution in [3.05, 3.63) is 70.9 Å². The Labute approximate surface area is 191 Å². The molecular weight excluding hydrogens is 453 g/mol. The van der Waals surface area contributed by atoms with Gasteiger partial charge in [0, 0.05) is 12.6 Å². The molecule has 0 spiro atoms. The number of likely N-dealkylation sites (tertiary alicyclic amines) is 1. The maximum absolute atomic E-state index is 13.8. The number of carbonyl (C=O) groups is 1. The smallest absolute Gasteiger partial charge is 0.433 e. The first-order chi connectivity index (χ1) is 15.8. The molecule has 170 valence electrons. The number of thiophene rings is 1. The Morgan fingerprint density at radius 3 is 2.64 bits per heavy atom. The molecule has 1 saturated heterocycles. The summed E-state index contributed by atoms with van der Waals surface area (Å²) in [5, 5.41) is 5.80. The summed E-state index contributed by atoms with van der Waals surface area (Å²) in [7, 11) is 1.58. The quantitative estimate of drug-likeness (QED) is 0.396. The molecule has 0 saturated carbocycles. The highest BCUT2D eigenvalue weighted by atomic mass is 32.1. The molecule has 4 heterocycles. The average Bonchev–Trinajstić information content (AvgIpc) is 3.57. The van der Waals surface area contributed by atoms with Crippen molar-refractivity contribution in [3.63, 3.8) is 0 Å². The van der Waals surface area contributed by atoms with Crippen molar-refractivity contribution in [1.82, 2.24) is 19.5 Å². The van der Waals surface area contributed by atoms with E-state index in [4.69, 9.17) is 4.74 Å². The van der Waals surface area contributed by atoms with Crippen LogP contribution in [-0.4, -0.2) is 39.1 Å². The van der Waals surface area contributed by atoms with Gasteiger partial charge in [-0.05, 0) is 48.1 Å². The van der Waals surface area contributed by atoms with E-state index in [-0.39, 0.29) is 23.1 Å². The molecule has 1 aromatic carbocycles. The number of amides is 1. The largest absolute Gasteiger partial charge is 0.497 e. The summed E-state index contributed by atoms with van der Waals surface area (Å²) in [4.78, 5) is 19.9. The number of hydrogen-bond acceptors (Lipinski definition) is 5. The predicted molar refractivity (Wildman–Crippen MR) is 117 cm³/mol. The number of carbonyl (C=O) groups excluding carboxylic acids is 1. The normalized spacial score (nSPS) is 16.5. The topological polar surface area (TPSA) is 59.7 Å². The van der Waals surface area contributed by atoms with Crippen molar-refractivity contribution in [2.45, 2.75) is 25.1 Å². The van der Waals surface area contributed by atoms with Crippen molar-refractivity contribution < 1.29 is 22.7 Å². The van der Waals surface area contributed by atoms with E-state index in [0.717, 1.165) is 24.5 Å². The molecule has 0 radical (unpaired) electrons. The third kappa shape index (κ3) is 3.95. The standard InChI is InChI=1S/C23H19F3N4O2S/c1-32-15-8-6-14(7-9-15)18-4-2-10-29(18)22(31)17-13-21-27-16(19-5-3-11-33-19)12-20(23(24,25)26)30(21)28-17/h3,5-9,11-13,18H,2,4,10H2,1H3/t18-/m1/s1. The summed E-state index contributed by atoms with van der Waals surface area (Å²) < 4.78 is 47.3. The van der Waals surface area contributed by atoms with Gasteiger partial charge in [-0.1, -0.05) is 18.2 Å². The number of benzene rings is 1. The molecule has 0 bridgehead atoms. The number of methoxy groups -OCH3 is 1. The van der Waals surface area contributed by atoms with Crippen molar-refractivity contribution in [2.24, 2.45) is 0 Å².